The molecule has 2 aliphatic rings. The molecule has 2 saturated heterocycles. The summed E-state index contributed by atoms with van der Waals surface area (Å²) < 4.78 is 44.4. The molecule has 2 atom stereocenters. The van der Waals surface area contributed by atoms with Crippen LogP contribution in [0.2, 0.25) is 0 Å². The predicted octanol–water partition coefficient (Wildman–Crippen LogP) is 2.04. The van der Waals surface area contributed by atoms with Gasteiger partial charge in [0.05, 0.1) is 10.6 Å². The van der Waals surface area contributed by atoms with Gasteiger partial charge in [0.1, 0.15) is 6.04 Å². The van der Waals surface area contributed by atoms with Crippen LogP contribution >= 0.6 is 11.8 Å². The van der Waals surface area contributed by atoms with E-state index in [-0.39, 0.29) is 5.91 Å². The first-order valence-electron chi connectivity index (χ1n) is 7.79. The molecule has 2 fully saturated rings. The van der Waals surface area contributed by atoms with E-state index in [4.69, 9.17) is 4.74 Å². The summed E-state index contributed by atoms with van der Waals surface area (Å²) in [5, 5.41) is 2.00. The number of thioether (sulfide) groups is 1. The first-order valence-corrected chi connectivity index (χ1v) is 8.77. The molecule has 0 aliphatic carbocycles. The smallest absolute Gasteiger partial charge is 0.330 e. The van der Waals surface area contributed by atoms with Crippen LogP contribution in [0.15, 0.2) is 12.1 Å². The van der Waals surface area contributed by atoms with Crippen molar-refractivity contribution in [2.45, 2.75) is 30.7 Å². The van der Waals surface area contributed by atoms with E-state index in [0.717, 1.165) is 6.07 Å². The Morgan fingerprint density at radius 3 is 2.81 bits per heavy atom. The molecule has 26 heavy (non-hydrogen) atoms. The van der Waals surface area contributed by atoms with Crippen LogP contribution in [0.3, 0.4) is 0 Å². The zero-order chi connectivity index (χ0) is 19.1. The number of hydrogen-bond donors (Lipinski definition) is 1. The molecule has 1 aromatic carbocycles. The number of hydrogen-bond acceptors (Lipinski definition) is 5. The van der Waals surface area contributed by atoms with Crippen molar-refractivity contribution in [1.29, 1.82) is 0 Å². The maximum absolute atomic E-state index is 13.5. The molecule has 140 valence electrons. The number of halogens is 3. The lowest BCUT2D eigenvalue weighted by atomic mass is 10.2. The summed E-state index contributed by atoms with van der Waals surface area (Å²) in [4.78, 5) is 37.0. The molecular formula is C16H15F3N2O4S. The van der Waals surface area contributed by atoms with Gasteiger partial charge in [-0.2, -0.15) is 0 Å². The molecule has 2 aliphatic heterocycles. The third-order valence-corrected chi connectivity index (χ3v) is 5.88. The molecule has 1 aromatic rings. The zero-order valence-electron chi connectivity index (χ0n) is 13.7. The number of nitrogens with zero attached hydrogens (tertiary/aromatic N) is 1. The largest absolute Gasteiger partial charge is 0.454 e. The Morgan fingerprint density at radius 2 is 2.08 bits per heavy atom. The van der Waals surface area contributed by atoms with E-state index < -0.39 is 52.5 Å². The Balaban J connectivity index is 1.58. The number of carbonyl (C=O) groups excluding carboxylic acids is 3. The number of nitrogens with one attached hydrogen (secondary N) is 1. The summed E-state index contributed by atoms with van der Waals surface area (Å²) in [6.45, 7) is 1.13. The van der Waals surface area contributed by atoms with Gasteiger partial charge in [0.15, 0.2) is 24.1 Å². The highest BCUT2D eigenvalue weighted by molar-refractivity contribution is 8.01. The maximum atomic E-state index is 13.5. The number of anilines is 1. The van der Waals surface area contributed by atoms with Gasteiger partial charge in [-0.05, 0) is 25.5 Å². The standard InChI is InChI=1S/C16H15F3N2O4S/c1-16-5-4-12(23)21(16)10(7-26-16)15(24)25-6-11(22)20-9-3-2-8(17)13(18)14(9)19/h2-3,10H,4-7H2,1H3,(H,20,22)/t10-,16+/m0/s1. The average molecular weight is 388 g/mol. The van der Waals surface area contributed by atoms with Gasteiger partial charge in [-0.25, -0.2) is 18.0 Å². The van der Waals surface area contributed by atoms with Crippen LogP contribution in [-0.2, 0) is 19.1 Å². The van der Waals surface area contributed by atoms with Crippen molar-refractivity contribution in [3.05, 3.63) is 29.6 Å². The highest BCUT2D eigenvalue weighted by atomic mass is 32.2. The van der Waals surface area contributed by atoms with Crippen LogP contribution in [0.4, 0.5) is 18.9 Å². The fraction of sp³-hybridized carbons (Fsp3) is 0.438. The molecule has 6 nitrogen and oxygen atoms in total. The van der Waals surface area contributed by atoms with Crippen molar-refractivity contribution in [1.82, 2.24) is 4.90 Å². The Bertz CT molecular complexity index is 791. The molecule has 0 bridgehead atoms. The van der Waals surface area contributed by atoms with Crippen molar-refractivity contribution in [3.8, 4) is 0 Å². The van der Waals surface area contributed by atoms with Gasteiger partial charge in [0.2, 0.25) is 5.91 Å². The third-order valence-electron chi connectivity index (χ3n) is 4.37. The molecule has 2 heterocycles. The molecule has 0 aromatic heterocycles. The molecule has 0 unspecified atom stereocenters. The van der Waals surface area contributed by atoms with E-state index in [9.17, 15) is 27.6 Å². The number of amides is 2. The SMILES string of the molecule is C[C@@]12CCC(=O)N1[C@H](C(=O)OCC(=O)Nc1ccc(F)c(F)c1F)CS2. The van der Waals surface area contributed by atoms with Crippen LogP contribution in [0.25, 0.3) is 0 Å². The van der Waals surface area contributed by atoms with E-state index in [1.807, 2.05) is 12.2 Å². The van der Waals surface area contributed by atoms with Gasteiger partial charge in [-0.15, -0.1) is 11.8 Å². The first-order chi connectivity index (χ1) is 12.2. The van der Waals surface area contributed by atoms with E-state index in [1.54, 1.807) is 0 Å². The molecular weight excluding hydrogens is 373 g/mol. The van der Waals surface area contributed by atoms with Crippen LogP contribution in [0, 0.1) is 17.5 Å². The molecule has 2 amide bonds. The minimum absolute atomic E-state index is 0.146. The van der Waals surface area contributed by atoms with Crippen LogP contribution in [0.1, 0.15) is 19.8 Å². The number of carbonyl (C=O) groups is 3. The summed E-state index contributed by atoms with van der Waals surface area (Å²) in [7, 11) is 0. The van der Waals surface area contributed by atoms with Crippen LogP contribution < -0.4 is 5.32 Å². The minimum atomic E-state index is -1.71. The van der Waals surface area contributed by atoms with Crippen molar-refractivity contribution < 1.29 is 32.3 Å². The minimum Gasteiger partial charge on any atom is -0.454 e. The topological polar surface area (TPSA) is 75.7 Å². The number of esters is 1. The van der Waals surface area contributed by atoms with Crippen molar-refractivity contribution in [2.75, 3.05) is 17.7 Å². The van der Waals surface area contributed by atoms with Crippen LogP contribution in [0.5, 0.6) is 0 Å². The van der Waals surface area contributed by atoms with Gasteiger partial charge >= 0.3 is 5.97 Å². The van der Waals surface area contributed by atoms with E-state index in [2.05, 4.69) is 0 Å². The van der Waals surface area contributed by atoms with E-state index in [1.165, 1.54) is 16.7 Å². The Hall–Kier alpha value is -2.23. The lowest BCUT2D eigenvalue weighted by Gasteiger charge is -2.29. The average Bonchev–Trinajstić information content (AvgIpc) is 3.09. The summed E-state index contributed by atoms with van der Waals surface area (Å²) in [5.74, 6) is -6.08. The van der Waals surface area contributed by atoms with E-state index >= 15 is 0 Å². The summed E-state index contributed by atoms with van der Waals surface area (Å²) in [6.07, 6.45) is 0.985. The molecule has 0 spiro atoms. The zero-order valence-corrected chi connectivity index (χ0v) is 14.5. The lowest BCUT2D eigenvalue weighted by molar-refractivity contribution is -0.155. The second-order valence-corrected chi connectivity index (χ2v) is 7.65. The number of benzene rings is 1. The predicted molar refractivity (Wildman–Crippen MR) is 86.6 cm³/mol. The molecule has 0 radical (unpaired) electrons. The van der Waals surface area contributed by atoms with Gasteiger partial charge in [-0.3, -0.25) is 9.59 Å². The maximum Gasteiger partial charge on any atom is 0.330 e. The second kappa shape index (κ2) is 6.82. The molecule has 3 rings (SSSR count). The molecule has 10 heteroatoms. The number of rotatable bonds is 4. The van der Waals surface area contributed by atoms with Gasteiger partial charge in [0, 0.05) is 12.2 Å². The highest BCUT2D eigenvalue weighted by Gasteiger charge is 2.53. The van der Waals surface area contributed by atoms with E-state index in [0.29, 0.717) is 24.7 Å². The first kappa shape index (κ1) is 18.6. The highest BCUT2D eigenvalue weighted by Crippen LogP contribution is 2.47. The van der Waals surface area contributed by atoms with Gasteiger partial charge in [-0.1, -0.05) is 0 Å². The summed E-state index contributed by atoms with van der Waals surface area (Å²) >= 11 is 1.47. The fourth-order valence-electron chi connectivity index (χ4n) is 3.04. The summed E-state index contributed by atoms with van der Waals surface area (Å²) in [6, 6.07) is 0.734. The monoisotopic (exact) mass is 388 g/mol. The third kappa shape index (κ3) is 3.25. The van der Waals surface area contributed by atoms with Crippen molar-refractivity contribution >= 4 is 35.2 Å². The lowest BCUT2D eigenvalue weighted by Crippen LogP contribution is -2.47. The Kier molecular flexibility index (Phi) is 4.87. The second-order valence-electron chi connectivity index (χ2n) is 6.14. The number of ether oxygens (including phenoxy) is 1. The Labute approximate surface area is 151 Å². The Morgan fingerprint density at radius 1 is 1.35 bits per heavy atom. The normalized spacial score (nSPS) is 24.5. The van der Waals surface area contributed by atoms with Crippen LogP contribution in [-0.4, -0.2) is 46.0 Å². The summed E-state index contributed by atoms with van der Waals surface area (Å²) in [5.41, 5.74) is -0.566. The fourth-order valence-corrected chi connectivity index (χ4v) is 4.45. The van der Waals surface area contributed by atoms with Crippen molar-refractivity contribution in [2.24, 2.45) is 0 Å². The van der Waals surface area contributed by atoms with Gasteiger partial charge < -0.3 is 15.0 Å². The number of fused-ring (bicyclic) bond motifs is 1. The van der Waals surface area contributed by atoms with Gasteiger partial charge in [0.25, 0.3) is 5.91 Å². The molecule has 1 N–H and O–H groups in total. The quantitative estimate of drug-likeness (QED) is 0.631. The molecule has 0 saturated carbocycles. The van der Waals surface area contributed by atoms with Crippen molar-refractivity contribution in [3.63, 3.8) is 0 Å².